The largest absolute Gasteiger partial charge is 0.428 e. The highest BCUT2D eigenvalue weighted by atomic mass is 127. The van der Waals surface area contributed by atoms with E-state index >= 15 is 0 Å². The van der Waals surface area contributed by atoms with Crippen molar-refractivity contribution in [1.82, 2.24) is 0 Å². The molecule has 0 N–H and O–H groups in total. The first-order chi connectivity index (χ1) is 13.9. The molecule has 7 nitrogen and oxygen atoms in total. The molecule has 0 spiro atoms. The van der Waals surface area contributed by atoms with E-state index in [-0.39, 0.29) is 10.8 Å². The fourth-order valence-electron chi connectivity index (χ4n) is 3.15. The van der Waals surface area contributed by atoms with Crippen molar-refractivity contribution in [2.24, 2.45) is 0 Å². The van der Waals surface area contributed by atoms with Gasteiger partial charge in [0.1, 0.15) is 16.9 Å². The van der Waals surface area contributed by atoms with E-state index < -0.39 is 33.8 Å². The first-order valence-electron chi connectivity index (χ1n) is 8.32. The maximum Gasteiger partial charge on any atom is 0.423 e. The molecule has 2 aromatic carbocycles. The van der Waals surface area contributed by atoms with Crippen LogP contribution in [-0.2, 0) is 11.0 Å². The monoisotopic (exact) mass is 551 g/mol. The molecular weight excluding hydrogens is 538 g/mol. The summed E-state index contributed by atoms with van der Waals surface area (Å²) < 4.78 is 45.2. The van der Waals surface area contributed by atoms with Crippen LogP contribution in [0.2, 0.25) is 0 Å². The third-order valence-electron chi connectivity index (χ3n) is 4.59. The van der Waals surface area contributed by atoms with E-state index in [1.54, 1.807) is 61.1 Å². The lowest BCUT2D eigenvalue weighted by atomic mass is 10.0. The second-order valence-electron chi connectivity index (χ2n) is 6.84. The van der Waals surface area contributed by atoms with Gasteiger partial charge in [-0.2, -0.15) is 13.2 Å². The Bertz CT molecular complexity index is 1040. The minimum atomic E-state index is -4.98. The standard InChI is InChI=1S/C18H13F3IN3O4S/c1-17(2)15(26)23(16(30)24(17)10-3-6-12(29-22)7-4-10)11-5-8-14(25(27)28)13(9-11)18(19,20)21/h3-9H,1-2H3. The van der Waals surface area contributed by atoms with Crippen LogP contribution in [-0.4, -0.2) is 21.5 Å². The number of anilines is 2. The van der Waals surface area contributed by atoms with Gasteiger partial charge in [0.2, 0.25) is 0 Å². The average molecular weight is 551 g/mol. The number of thiocarbonyl (C=S) groups is 1. The van der Waals surface area contributed by atoms with Gasteiger partial charge in [-0.15, -0.1) is 0 Å². The molecule has 3 rings (SSSR count). The molecule has 1 aliphatic heterocycles. The average Bonchev–Trinajstić information content (AvgIpc) is 2.85. The molecule has 0 radical (unpaired) electrons. The number of nitrogens with zero attached hydrogens (tertiary/aromatic N) is 3. The molecule has 1 heterocycles. The van der Waals surface area contributed by atoms with Gasteiger partial charge in [-0.05, 0) is 62.5 Å². The summed E-state index contributed by atoms with van der Waals surface area (Å²) in [6, 6.07) is 8.99. The first-order valence-corrected chi connectivity index (χ1v) is 9.61. The van der Waals surface area contributed by atoms with Gasteiger partial charge in [0.25, 0.3) is 11.6 Å². The number of rotatable bonds is 4. The molecule has 0 aliphatic carbocycles. The van der Waals surface area contributed by atoms with Gasteiger partial charge >= 0.3 is 6.18 Å². The van der Waals surface area contributed by atoms with Crippen LogP contribution >= 0.6 is 35.2 Å². The van der Waals surface area contributed by atoms with Crippen LogP contribution in [0.25, 0.3) is 0 Å². The predicted octanol–water partition coefficient (Wildman–Crippen LogP) is 5.26. The number of hydrogen-bond donors (Lipinski definition) is 0. The number of hydrogen-bond acceptors (Lipinski definition) is 5. The SMILES string of the molecule is CC1(C)C(=O)N(c2ccc([N+](=O)[O-])c(C(F)(F)F)c2)C(=S)N1c1ccc(OI)cc1. The lowest BCUT2D eigenvalue weighted by Gasteiger charge is -2.29. The van der Waals surface area contributed by atoms with Crippen molar-refractivity contribution < 1.29 is 26.0 Å². The number of halogens is 4. The molecule has 30 heavy (non-hydrogen) atoms. The van der Waals surface area contributed by atoms with Crippen LogP contribution < -0.4 is 12.9 Å². The van der Waals surface area contributed by atoms with Crippen molar-refractivity contribution in [3.63, 3.8) is 0 Å². The highest BCUT2D eigenvalue weighted by molar-refractivity contribution is 14.1. The van der Waals surface area contributed by atoms with Gasteiger partial charge in [0, 0.05) is 11.8 Å². The van der Waals surface area contributed by atoms with E-state index in [0.717, 1.165) is 17.0 Å². The summed E-state index contributed by atoms with van der Waals surface area (Å²) in [6.07, 6.45) is -4.98. The Morgan fingerprint density at radius 1 is 1.13 bits per heavy atom. The number of benzene rings is 2. The molecule has 0 aromatic heterocycles. The fourth-order valence-corrected chi connectivity index (χ4v) is 3.97. The number of carbonyl (C=O) groups excluding carboxylic acids is 1. The molecule has 0 atom stereocenters. The van der Waals surface area contributed by atoms with Crippen LogP contribution in [0.5, 0.6) is 5.75 Å². The summed E-state index contributed by atoms with van der Waals surface area (Å²) in [5.74, 6) is -0.000613. The Hall–Kier alpha value is -2.48. The van der Waals surface area contributed by atoms with Crippen LogP contribution in [0.1, 0.15) is 19.4 Å². The molecular formula is C18H13F3IN3O4S. The molecule has 1 fully saturated rings. The van der Waals surface area contributed by atoms with Gasteiger partial charge in [0.15, 0.2) is 28.1 Å². The molecule has 0 unspecified atom stereocenters. The topological polar surface area (TPSA) is 75.9 Å². The summed E-state index contributed by atoms with van der Waals surface area (Å²) in [5.41, 5.74) is -3.43. The van der Waals surface area contributed by atoms with Crippen molar-refractivity contribution in [2.45, 2.75) is 25.6 Å². The zero-order chi connectivity index (χ0) is 22.4. The quantitative estimate of drug-likeness (QED) is 0.224. The predicted molar refractivity (Wildman–Crippen MR) is 116 cm³/mol. The number of carbonyl (C=O) groups is 1. The lowest BCUT2D eigenvalue weighted by molar-refractivity contribution is -0.388. The van der Waals surface area contributed by atoms with E-state index in [1.165, 1.54) is 4.90 Å². The molecule has 1 amide bonds. The van der Waals surface area contributed by atoms with Crippen molar-refractivity contribution in [3.8, 4) is 5.75 Å². The Morgan fingerprint density at radius 2 is 1.70 bits per heavy atom. The van der Waals surface area contributed by atoms with Gasteiger partial charge in [-0.25, -0.2) is 0 Å². The number of nitro groups is 1. The minimum absolute atomic E-state index is 0.0462. The van der Waals surface area contributed by atoms with Gasteiger partial charge < -0.3 is 7.97 Å². The Morgan fingerprint density at radius 3 is 2.20 bits per heavy atom. The van der Waals surface area contributed by atoms with E-state index in [0.29, 0.717) is 17.5 Å². The summed E-state index contributed by atoms with van der Waals surface area (Å²) in [5, 5.41) is 11.0. The number of nitro benzene ring substituents is 1. The number of alkyl halides is 3. The van der Waals surface area contributed by atoms with Gasteiger partial charge in [-0.1, -0.05) is 0 Å². The van der Waals surface area contributed by atoms with E-state index in [2.05, 4.69) is 0 Å². The zero-order valence-corrected chi connectivity index (χ0v) is 18.4. The molecule has 0 bridgehead atoms. The van der Waals surface area contributed by atoms with Gasteiger partial charge in [-0.3, -0.25) is 19.8 Å². The van der Waals surface area contributed by atoms with Gasteiger partial charge in [0.05, 0.1) is 10.6 Å². The lowest BCUT2D eigenvalue weighted by Crippen LogP contribution is -2.44. The second-order valence-corrected chi connectivity index (χ2v) is 7.65. The summed E-state index contributed by atoms with van der Waals surface area (Å²) in [4.78, 5) is 25.4. The van der Waals surface area contributed by atoms with Crippen LogP contribution in [0.15, 0.2) is 42.5 Å². The molecule has 1 saturated heterocycles. The van der Waals surface area contributed by atoms with Crippen molar-refractivity contribution in [2.75, 3.05) is 9.80 Å². The Kier molecular flexibility index (Phi) is 5.66. The van der Waals surface area contributed by atoms with E-state index in [9.17, 15) is 28.1 Å². The molecule has 1 aliphatic rings. The van der Waals surface area contributed by atoms with Crippen LogP contribution in [0, 0.1) is 10.1 Å². The van der Waals surface area contributed by atoms with E-state index in [4.69, 9.17) is 15.3 Å². The fraction of sp³-hybridized carbons (Fsp3) is 0.222. The Labute approximate surface area is 188 Å². The number of amides is 1. The third kappa shape index (κ3) is 3.69. The smallest absolute Gasteiger partial charge is 0.423 e. The van der Waals surface area contributed by atoms with Crippen molar-refractivity contribution in [3.05, 3.63) is 58.1 Å². The molecule has 12 heteroatoms. The summed E-state index contributed by atoms with van der Waals surface area (Å²) in [7, 11) is 0. The maximum atomic E-state index is 13.4. The minimum Gasteiger partial charge on any atom is -0.428 e. The molecule has 2 aromatic rings. The highest BCUT2D eigenvalue weighted by Crippen LogP contribution is 2.41. The second kappa shape index (κ2) is 7.65. The van der Waals surface area contributed by atoms with Crippen LogP contribution in [0.3, 0.4) is 0 Å². The van der Waals surface area contributed by atoms with Crippen LogP contribution in [0.4, 0.5) is 30.2 Å². The normalized spacial score (nSPS) is 16.2. The summed E-state index contributed by atoms with van der Waals surface area (Å²) >= 11 is 7.13. The summed E-state index contributed by atoms with van der Waals surface area (Å²) in [6.45, 7) is 3.17. The highest BCUT2D eigenvalue weighted by Gasteiger charge is 2.51. The molecule has 0 saturated carbocycles. The first kappa shape index (κ1) is 22.2. The molecule has 158 valence electrons. The maximum absolute atomic E-state index is 13.4. The van der Waals surface area contributed by atoms with Crippen molar-refractivity contribution in [1.29, 1.82) is 0 Å². The zero-order valence-electron chi connectivity index (χ0n) is 15.4. The third-order valence-corrected chi connectivity index (χ3v) is 5.47. The van der Waals surface area contributed by atoms with E-state index in [1.807, 2.05) is 0 Å². The van der Waals surface area contributed by atoms with Crippen molar-refractivity contribution >= 4 is 63.3 Å². The Balaban J connectivity index is 2.10.